The number of halogens is 2. The van der Waals surface area contributed by atoms with E-state index in [0.29, 0.717) is 24.6 Å². The van der Waals surface area contributed by atoms with Crippen LogP contribution in [0.2, 0.25) is 0 Å². The van der Waals surface area contributed by atoms with Gasteiger partial charge >= 0.3 is 0 Å². The van der Waals surface area contributed by atoms with Crippen molar-refractivity contribution in [3.05, 3.63) is 59.8 Å². The number of guanidine groups is 1. The standard InChI is InChI=1S/C17H23FN4O.HI/c1-19-17(20-11-13-7-4-5-8-14(13)18)21-12-15(22(2)3)16-9-6-10-23-16;/h4-10,15H,11-12H2,1-3H3,(H2,19,20,21);1H. The number of likely N-dealkylation sites (N-methyl/N-ethyl adjacent to an activating group) is 1. The van der Waals surface area contributed by atoms with Gasteiger partial charge in [-0.15, -0.1) is 24.0 Å². The van der Waals surface area contributed by atoms with Gasteiger partial charge in [-0.05, 0) is 32.3 Å². The molecule has 1 atom stereocenters. The summed E-state index contributed by atoms with van der Waals surface area (Å²) in [5.41, 5.74) is 0.602. The minimum atomic E-state index is -0.225. The van der Waals surface area contributed by atoms with Crippen molar-refractivity contribution in [2.75, 3.05) is 27.7 Å². The van der Waals surface area contributed by atoms with E-state index < -0.39 is 0 Å². The molecule has 0 bridgehead atoms. The molecule has 0 aliphatic carbocycles. The van der Waals surface area contributed by atoms with Crippen LogP contribution in [0.3, 0.4) is 0 Å². The molecule has 0 fully saturated rings. The number of aliphatic imine (C=N–C) groups is 1. The number of nitrogens with zero attached hydrogens (tertiary/aromatic N) is 2. The molecule has 132 valence electrons. The van der Waals surface area contributed by atoms with Gasteiger partial charge in [0.25, 0.3) is 0 Å². The fraction of sp³-hybridized carbons (Fsp3) is 0.353. The molecule has 1 aromatic heterocycles. The van der Waals surface area contributed by atoms with Gasteiger partial charge in [0.1, 0.15) is 11.6 Å². The molecule has 5 nitrogen and oxygen atoms in total. The van der Waals surface area contributed by atoms with Crippen LogP contribution in [0, 0.1) is 5.82 Å². The first kappa shape index (κ1) is 20.4. The van der Waals surface area contributed by atoms with E-state index in [1.54, 1.807) is 25.4 Å². The highest BCUT2D eigenvalue weighted by Crippen LogP contribution is 2.17. The van der Waals surface area contributed by atoms with E-state index in [4.69, 9.17) is 4.42 Å². The van der Waals surface area contributed by atoms with Crippen LogP contribution in [-0.2, 0) is 6.54 Å². The molecule has 1 heterocycles. The van der Waals surface area contributed by atoms with Crippen LogP contribution in [0.1, 0.15) is 17.4 Å². The molecule has 1 unspecified atom stereocenters. The molecule has 0 saturated heterocycles. The lowest BCUT2D eigenvalue weighted by Gasteiger charge is -2.23. The first-order valence-electron chi connectivity index (χ1n) is 7.49. The predicted octanol–water partition coefficient (Wildman–Crippen LogP) is 3.00. The SMILES string of the molecule is CN=C(NCc1ccccc1F)NCC(c1ccco1)N(C)C.I. The molecule has 2 N–H and O–H groups in total. The zero-order valence-corrected chi connectivity index (χ0v) is 16.5. The van der Waals surface area contributed by atoms with Crippen LogP contribution in [0.4, 0.5) is 4.39 Å². The minimum absolute atomic E-state index is 0. The van der Waals surface area contributed by atoms with Crippen molar-refractivity contribution in [3.63, 3.8) is 0 Å². The van der Waals surface area contributed by atoms with Crippen LogP contribution in [0.15, 0.2) is 52.1 Å². The van der Waals surface area contributed by atoms with Crippen LogP contribution in [0.5, 0.6) is 0 Å². The van der Waals surface area contributed by atoms with Gasteiger partial charge in [0.2, 0.25) is 0 Å². The molecule has 0 radical (unpaired) electrons. The minimum Gasteiger partial charge on any atom is -0.468 e. The van der Waals surface area contributed by atoms with Crippen molar-refractivity contribution < 1.29 is 8.81 Å². The summed E-state index contributed by atoms with van der Waals surface area (Å²) in [6, 6.07) is 10.6. The van der Waals surface area contributed by atoms with Crippen molar-refractivity contribution in [2.24, 2.45) is 4.99 Å². The molecule has 0 spiro atoms. The van der Waals surface area contributed by atoms with E-state index in [1.165, 1.54) is 6.07 Å². The normalized spacial score (nSPS) is 12.6. The third-order valence-electron chi connectivity index (χ3n) is 3.59. The molecule has 0 aliphatic rings. The van der Waals surface area contributed by atoms with Gasteiger partial charge in [-0.1, -0.05) is 18.2 Å². The number of hydrogen-bond acceptors (Lipinski definition) is 3. The third kappa shape index (κ3) is 5.79. The van der Waals surface area contributed by atoms with E-state index >= 15 is 0 Å². The van der Waals surface area contributed by atoms with Gasteiger partial charge in [0.05, 0.1) is 12.3 Å². The summed E-state index contributed by atoms with van der Waals surface area (Å²) < 4.78 is 19.1. The Morgan fingerprint density at radius 3 is 2.54 bits per heavy atom. The highest BCUT2D eigenvalue weighted by Gasteiger charge is 2.17. The Labute approximate surface area is 159 Å². The second-order valence-corrected chi connectivity index (χ2v) is 5.39. The van der Waals surface area contributed by atoms with Gasteiger partial charge < -0.3 is 15.1 Å². The average Bonchev–Trinajstić information content (AvgIpc) is 3.05. The van der Waals surface area contributed by atoms with Crippen LogP contribution in [-0.4, -0.2) is 38.5 Å². The summed E-state index contributed by atoms with van der Waals surface area (Å²) in [4.78, 5) is 6.23. The quantitative estimate of drug-likeness (QED) is 0.407. The second-order valence-electron chi connectivity index (χ2n) is 5.39. The maximum absolute atomic E-state index is 13.6. The van der Waals surface area contributed by atoms with Gasteiger partial charge in [0, 0.05) is 25.7 Å². The van der Waals surface area contributed by atoms with Crippen LogP contribution >= 0.6 is 24.0 Å². The Bertz CT molecular complexity index is 631. The van der Waals surface area contributed by atoms with E-state index in [-0.39, 0.29) is 35.8 Å². The Kier molecular flexibility index (Phi) is 8.77. The van der Waals surface area contributed by atoms with Crippen molar-refractivity contribution >= 4 is 29.9 Å². The number of benzene rings is 1. The van der Waals surface area contributed by atoms with Crippen molar-refractivity contribution in [1.82, 2.24) is 15.5 Å². The summed E-state index contributed by atoms with van der Waals surface area (Å²) in [6.45, 7) is 0.997. The number of furan rings is 1. The molecule has 2 rings (SSSR count). The van der Waals surface area contributed by atoms with Gasteiger partial charge in [-0.25, -0.2) is 4.39 Å². The fourth-order valence-electron chi connectivity index (χ4n) is 2.25. The van der Waals surface area contributed by atoms with Crippen LogP contribution < -0.4 is 10.6 Å². The third-order valence-corrected chi connectivity index (χ3v) is 3.59. The molecule has 1 aromatic carbocycles. The summed E-state index contributed by atoms with van der Waals surface area (Å²) in [6.07, 6.45) is 1.66. The van der Waals surface area contributed by atoms with Crippen molar-refractivity contribution in [1.29, 1.82) is 0 Å². The molecule has 24 heavy (non-hydrogen) atoms. The highest BCUT2D eigenvalue weighted by atomic mass is 127. The predicted molar refractivity (Wildman–Crippen MR) is 105 cm³/mol. The summed E-state index contributed by atoms with van der Waals surface area (Å²) in [5, 5.41) is 6.36. The maximum Gasteiger partial charge on any atom is 0.191 e. The lowest BCUT2D eigenvalue weighted by Crippen LogP contribution is -2.41. The number of nitrogens with one attached hydrogen (secondary N) is 2. The van der Waals surface area contributed by atoms with E-state index in [9.17, 15) is 4.39 Å². The Morgan fingerprint density at radius 2 is 1.96 bits per heavy atom. The maximum atomic E-state index is 13.6. The summed E-state index contributed by atoms with van der Waals surface area (Å²) in [7, 11) is 5.67. The molecule has 7 heteroatoms. The Hall–Kier alpha value is -1.61. The number of rotatable bonds is 6. The van der Waals surface area contributed by atoms with E-state index in [1.807, 2.05) is 32.3 Å². The molecule has 0 saturated carbocycles. The Morgan fingerprint density at radius 1 is 1.21 bits per heavy atom. The zero-order chi connectivity index (χ0) is 16.7. The second kappa shape index (κ2) is 10.3. The van der Waals surface area contributed by atoms with E-state index in [2.05, 4.69) is 20.5 Å². The van der Waals surface area contributed by atoms with Gasteiger partial charge in [-0.3, -0.25) is 9.89 Å². The lowest BCUT2D eigenvalue weighted by atomic mass is 10.2. The highest BCUT2D eigenvalue weighted by molar-refractivity contribution is 14.0. The van der Waals surface area contributed by atoms with Crippen molar-refractivity contribution in [2.45, 2.75) is 12.6 Å². The van der Waals surface area contributed by atoms with Crippen LogP contribution in [0.25, 0.3) is 0 Å². The first-order chi connectivity index (χ1) is 11.1. The average molecular weight is 446 g/mol. The first-order valence-corrected chi connectivity index (χ1v) is 7.49. The monoisotopic (exact) mass is 446 g/mol. The summed E-state index contributed by atoms with van der Waals surface area (Å²) >= 11 is 0. The van der Waals surface area contributed by atoms with Gasteiger partial charge in [-0.2, -0.15) is 0 Å². The molecule has 0 aliphatic heterocycles. The number of hydrogen-bond donors (Lipinski definition) is 2. The topological polar surface area (TPSA) is 52.8 Å². The molecule has 0 amide bonds. The van der Waals surface area contributed by atoms with E-state index in [0.717, 1.165) is 5.76 Å². The van der Waals surface area contributed by atoms with Crippen molar-refractivity contribution in [3.8, 4) is 0 Å². The smallest absolute Gasteiger partial charge is 0.191 e. The lowest BCUT2D eigenvalue weighted by molar-refractivity contribution is 0.258. The largest absolute Gasteiger partial charge is 0.468 e. The molecular weight excluding hydrogens is 422 g/mol. The summed E-state index contributed by atoms with van der Waals surface area (Å²) in [5.74, 6) is 1.27. The van der Waals surface area contributed by atoms with Gasteiger partial charge in [0.15, 0.2) is 5.96 Å². The molecule has 2 aromatic rings. The molecular formula is C17H24FIN4O. The Balaban J connectivity index is 0.00000288. The fourth-order valence-corrected chi connectivity index (χ4v) is 2.25. The zero-order valence-electron chi connectivity index (χ0n) is 14.1.